The molecule has 2 atom stereocenters. The number of anilines is 2. The summed E-state index contributed by atoms with van der Waals surface area (Å²) in [6, 6.07) is 6.07. The number of sulfonamides is 1. The smallest absolute Gasteiger partial charge is 0.427 e. The molecular weight excluding hydrogens is 602 g/mol. The number of carbonyl (C=O) groups excluding carboxylic acids is 1. The molecule has 1 amide bonds. The molecule has 0 saturated heterocycles. The van der Waals surface area contributed by atoms with Crippen LogP contribution < -0.4 is 14.4 Å². The second-order valence-corrected chi connectivity index (χ2v) is 12.1. The minimum absolute atomic E-state index is 0.206. The Hall–Kier alpha value is -3.73. The van der Waals surface area contributed by atoms with Gasteiger partial charge in [-0.1, -0.05) is 6.07 Å². The summed E-state index contributed by atoms with van der Waals surface area (Å²) in [5, 5.41) is 21.2. The van der Waals surface area contributed by atoms with Crippen LogP contribution in [0.15, 0.2) is 47.4 Å². The third-order valence-electron chi connectivity index (χ3n) is 6.46. The van der Waals surface area contributed by atoms with E-state index >= 15 is 0 Å². The van der Waals surface area contributed by atoms with Gasteiger partial charge in [0, 0.05) is 12.1 Å². The second kappa shape index (κ2) is 11.2. The number of aliphatic carboxylic acids is 1. The summed E-state index contributed by atoms with van der Waals surface area (Å²) < 4.78 is 118. The first-order valence-electron chi connectivity index (χ1n) is 12.0. The number of aliphatic hydroxyl groups excluding tert-OH is 1. The Morgan fingerprint density at radius 3 is 2.26 bits per heavy atom. The Morgan fingerprint density at radius 1 is 1.07 bits per heavy atom. The summed E-state index contributed by atoms with van der Waals surface area (Å²) in [5.41, 5.74) is -6.52. The molecular formula is C25H26F6N2O8S. The van der Waals surface area contributed by atoms with E-state index in [1.54, 1.807) is 0 Å². The zero-order chi connectivity index (χ0) is 31.9. The lowest BCUT2D eigenvalue weighted by Crippen LogP contribution is -2.47. The fraction of sp³-hybridized carbons (Fsp3) is 0.440. The average molecular weight is 629 g/mol. The molecule has 3 rings (SSSR count). The van der Waals surface area contributed by atoms with Gasteiger partial charge in [0.2, 0.25) is 5.60 Å². The minimum Gasteiger partial charge on any atom is -0.486 e. The minimum atomic E-state index is -4.92. The van der Waals surface area contributed by atoms with Crippen molar-refractivity contribution in [3.8, 4) is 5.75 Å². The van der Waals surface area contributed by atoms with E-state index in [1.165, 1.54) is 6.92 Å². The van der Waals surface area contributed by atoms with Crippen molar-refractivity contribution in [3.05, 3.63) is 48.0 Å². The van der Waals surface area contributed by atoms with Crippen LogP contribution in [0.25, 0.3) is 0 Å². The Bertz CT molecular complexity index is 1460. The monoisotopic (exact) mass is 628 g/mol. The van der Waals surface area contributed by atoms with Crippen LogP contribution in [0.2, 0.25) is 0 Å². The highest BCUT2D eigenvalue weighted by Crippen LogP contribution is 2.42. The van der Waals surface area contributed by atoms with Crippen molar-refractivity contribution in [2.45, 2.75) is 56.1 Å². The van der Waals surface area contributed by atoms with Gasteiger partial charge in [0.05, 0.1) is 34.7 Å². The summed E-state index contributed by atoms with van der Waals surface area (Å²) >= 11 is 0. The van der Waals surface area contributed by atoms with Crippen LogP contribution in [0.3, 0.4) is 0 Å². The number of carbonyl (C=O) groups is 2. The highest BCUT2D eigenvalue weighted by Gasteiger charge is 2.51. The molecule has 17 heteroatoms. The highest BCUT2D eigenvalue weighted by atomic mass is 32.2. The van der Waals surface area contributed by atoms with Gasteiger partial charge in [0.25, 0.3) is 10.0 Å². The van der Waals surface area contributed by atoms with Crippen LogP contribution in [-0.4, -0.2) is 61.7 Å². The van der Waals surface area contributed by atoms with E-state index in [9.17, 15) is 54.6 Å². The number of aliphatic hydroxyl groups is 1. The number of benzene rings is 2. The largest absolute Gasteiger partial charge is 0.486 e. The molecule has 1 heterocycles. The lowest BCUT2D eigenvalue weighted by atomic mass is 9.85. The summed E-state index contributed by atoms with van der Waals surface area (Å²) in [5.74, 6) is -1.63. The fourth-order valence-electron chi connectivity index (χ4n) is 3.84. The van der Waals surface area contributed by atoms with Crippen molar-refractivity contribution in [2.24, 2.45) is 5.41 Å². The van der Waals surface area contributed by atoms with Crippen LogP contribution in [0.1, 0.15) is 32.8 Å². The van der Waals surface area contributed by atoms with E-state index in [-0.39, 0.29) is 17.1 Å². The molecule has 0 fully saturated rings. The third kappa shape index (κ3) is 6.83. The molecule has 232 valence electrons. The van der Waals surface area contributed by atoms with Gasteiger partial charge in [-0.25, -0.2) is 13.2 Å². The van der Waals surface area contributed by atoms with Gasteiger partial charge in [-0.05, 0) is 57.2 Å². The Morgan fingerprint density at radius 2 is 1.71 bits per heavy atom. The maximum atomic E-state index is 13.7. The number of halogens is 6. The van der Waals surface area contributed by atoms with E-state index in [0.29, 0.717) is 30.3 Å². The second-order valence-electron chi connectivity index (χ2n) is 10.2. The van der Waals surface area contributed by atoms with Gasteiger partial charge in [-0.15, -0.1) is 0 Å². The Balaban J connectivity index is 2.06. The first-order valence-corrected chi connectivity index (χ1v) is 13.5. The van der Waals surface area contributed by atoms with E-state index in [4.69, 9.17) is 4.74 Å². The zero-order valence-corrected chi connectivity index (χ0v) is 23.0. The molecule has 42 heavy (non-hydrogen) atoms. The Labute approximate surface area is 235 Å². The fourth-order valence-corrected chi connectivity index (χ4v) is 5.38. The number of amides is 1. The van der Waals surface area contributed by atoms with Crippen LogP contribution in [0.4, 0.5) is 42.5 Å². The van der Waals surface area contributed by atoms with Crippen molar-refractivity contribution in [3.63, 3.8) is 0 Å². The molecule has 0 spiro atoms. The molecule has 2 aromatic carbocycles. The molecule has 1 aliphatic rings. The SMILES string of the molecule is CC(C)(OC(=O)Nc1ccc2c(c1)N(S(=O)(=O)c1cccc(C(F)(F)F)c1)C[C@H](C[C@@](C)(CO)C(=O)O)O2)C(F)(F)F. The van der Waals surface area contributed by atoms with Gasteiger partial charge in [0.1, 0.15) is 11.9 Å². The van der Waals surface area contributed by atoms with Crippen LogP contribution >= 0.6 is 0 Å². The standard InChI is InChI=1S/C25H26F6N2O8S/c1-22(2,25(29,30)31)41-21(37)32-15-7-8-19-18(10-15)33(12-16(40-19)11-23(3,13-34)20(35)36)42(38,39)17-6-4-5-14(9-17)24(26,27)28/h4-10,16,34H,11-13H2,1-3H3,(H,32,37)(H,35,36)/t16-,23-/m0/s1. The van der Waals surface area contributed by atoms with Crippen molar-refractivity contribution in [2.75, 3.05) is 22.8 Å². The molecule has 3 N–H and O–H groups in total. The number of alkyl halides is 6. The quantitative estimate of drug-likeness (QED) is 0.346. The lowest BCUT2D eigenvalue weighted by molar-refractivity contribution is -0.242. The molecule has 1 aliphatic heterocycles. The van der Waals surface area contributed by atoms with Gasteiger partial charge in [0.15, 0.2) is 0 Å². The summed E-state index contributed by atoms with van der Waals surface area (Å²) in [4.78, 5) is 23.2. The molecule has 0 unspecified atom stereocenters. The Kier molecular flexibility index (Phi) is 8.71. The number of carboxylic acids is 1. The van der Waals surface area contributed by atoms with Crippen molar-refractivity contribution in [1.82, 2.24) is 0 Å². The molecule has 0 saturated carbocycles. The maximum Gasteiger partial charge on any atom is 0.427 e. The highest BCUT2D eigenvalue weighted by molar-refractivity contribution is 7.92. The van der Waals surface area contributed by atoms with Crippen LogP contribution in [0, 0.1) is 5.41 Å². The van der Waals surface area contributed by atoms with E-state index in [0.717, 1.165) is 30.3 Å². The first kappa shape index (κ1) is 32.8. The lowest BCUT2D eigenvalue weighted by Gasteiger charge is -2.38. The predicted molar refractivity (Wildman–Crippen MR) is 135 cm³/mol. The summed E-state index contributed by atoms with van der Waals surface area (Å²) in [6.45, 7) is 0.904. The zero-order valence-electron chi connectivity index (χ0n) is 22.2. The van der Waals surface area contributed by atoms with E-state index < -0.39 is 81.6 Å². The number of nitrogens with one attached hydrogen (secondary N) is 1. The molecule has 0 bridgehead atoms. The van der Waals surface area contributed by atoms with Gasteiger partial charge < -0.3 is 19.7 Å². The first-order chi connectivity index (χ1) is 19.1. The summed E-state index contributed by atoms with van der Waals surface area (Å²) in [6.07, 6.45) is -13.0. The molecule has 0 aromatic heterocycles. The van der Waals surface area contributed by atoms with Gasteiger partial charge in [-0.2, -0.15) is 26.3 Å². The molecule has 2 aromatic rings. The molecule has 0 radical (unpaired) electrons. The third-order valence-corrected chi connectivity index (χ3v) is 8.24. The van der Waals surface area contributed by atoms with Gasteiger partial charge >= 0.3 is 24.4 Å². The predicted octanol–water partition coefficient (Wildman–Crippen LogP) is 5.02. The molecule has 0 aliphatic carbocycles. The molecule has 10 nitrogen and oxygen atoms in total. The number of carboxylic acid groups (broad SMARTS) is 1. The van der Waals surface area contributed by atoms with E-state index in [1.807, 2.05) is 5.32 Å². The topological polar surface area (TPSA) is 142 Å². The number of hydrogen-bond donors (Lipinski definition) is 3. The van der Waals surface area contributed by atoms with Crippen LogP contribution in [0.5, 0.6) is 5.75 Å². The van der Waals surface area contributed by atoms with Crippen molar-refractivity contribution >= 4 is 33.5 Å². The van der Waals surface area contributed by atoms with Crippen molar-refractivity contribution < 1.29 is 64.0 Å². The normalized spacial score (nSPS) is 17.5. The maximum absolute atomic E-state index is 13.7. The number of hydrogen-bond acceptors (Lipinski definition) is 7. The average Bonchev–Trinajstić information content (AvgIpc) is 2.86. The van der Waals surface area contributed by atoms with E-state index in [2.05, 4.69) is 4.74 Å². The van der Waals surface area contributed by atoms with Gasteiger partial charge in [-0.3, -0.25) is 14.4 Å². The number of nitrogens with zero attached hydrogens (tertiary/aromatic N) is 1. The number of fused-ring (bicyclic) bond motifs is 1. The van der Waals surface area contributed by atoms with Crippen molar-refractivity contribution in [1.29, 1.82) is 0 Å². The van der Waals surface area contributed by atoms with Crippen LogP contribution in [-0.2, 0) is 25.7 Å². The number of rotatable bonds is 8. The summed E-state index contributed by atoms with van der Waals surface area (Å²) in [7, 11) is -4.82. The number of ether oxygens (including phenoxy) is 2.